The van der Waals surface area contributed by atoms with Gasteiger partial charge >= 0.3 is 0 Å². The highest BCUT2D eigenvalue weighted by molar-refractivity contribution is 7.89. The zero-order valence-electron chi connectivity index (χ0n) is 13.3. The largest absolute Gasteiger partial charge is 0.361 e. The lowest BCUT2D eigenvalue weighted by molar-refractivity contribution is -0.122. The summed E-state index contributed by atoms with van der Waals surface area (Å²) in [6, 6.07) is 6.75. The highest BCUT2D eigenvalue weighted by atomic mass is 32.2. The van der Waals surface area contributed by atoms with Crippen LogP contribution >= 0.6 is 0 Å². The Kier molecular flexibility index (Phi) is 5.94. The molecule has 0 spiro atoms. The van der Waals surface area contributed by atoms with Crippen molar-refractivity contribution in [2.45, 2.75) is 12.5 Å². The molecule has 0 fully saturated rings. The molecule has 0 saturated heterocycles. The fraction of sp³-hybridized carbons (Fsp3) is 0.235. The predicted octanol–water partition coefficient (Wildman–Crippen LogP) is 1.49. The van der Waals surface area contributed by atoms with Crippen LogP contribution in [0.25, 0.3) is 10.9 Å². The first-order valence-electron chi connectivity index (χ1n) is 7.51. The number of para-hydroxylation sites is 1. The lowest BCUT2D eigenvalue weighted by Crippen LogP contribution is -2.48. The summed E-state index contributed by atoms with van der Waals surface area (Å²) in [6.45, 7) is 7.24. The van der Waals surface area contributed by atoms with Gasteiger partial charge in [0, 0.05) is 23.6 Å². The van der Waals surface area contributed by atoms with Crippen molar-refractivity contribution < 1.29 is 13.2 Å². The second-order valence-corrected chi connectivity index (χ2v) is 7.14. The molecule has 2 aromatic rings. The number of fused-ring (bicyclic) bond motifs is 1. The van der Waals surface area contributed by atoms with E-state index >= 15 is 0 Å². The number of sulfonamides is 1. The SMILES string of the molecule is C=CCNC(=O)C(Cc1c[nH]c2ccccc12)NS(=O)(=O)CC=C. The van der Waals surface area contributed by atoms with Gasteiger partial charge in [0.25, 0.3) is 0 Å². The minimum absolute atomic E-state index is 0.239. The molecule has 1 heterocycles. The van der Waals surface area contributed by atoms with Gasteiger partial charge in [0.1, 0.15) is 6.04 Å². The number of rotatable bonds is 9. The fourth-order valence-corrected chi connectivity index (χ4v) is 3.45. The molecule has 1 atom stereocenters. The number of hydrogen-bond donors (Lipinski definition) is 3. The number of H-pyrrole nitrogens is 1. The van der Waals surface area contributed by atoms with Gasteiger partial charge in [0.05, 0.1) is 5.75 Å². The molecular formula is C17H21N3O3S. The molecular weight excluding hydrogens is 326 g/mol. The minimum atomic E-state index is -3.62. The third-order valence-electron chi connectivity index (χ3n) is 3.50. The van der Waals surface area contributed by atoms with Gasteiger partial charge in [-0.15, -0.1) is 13.2 Å². The summed E-state index contributed by atoms with van der Waals surface area (Å²) in [6.07, 6.45) is 4.86. The van der Waals surface area contributed by atoms with E-state index in [1.54, 1.807) is 12.3 Å². The van der Waals surface area contributed by atoms with Gasteiger partial charge in [-0.3, -0.25) is 4.79 Å². The van der Waals surface area contributed by atoms with Gasteiger partial charge < -0.3 is 10.3 Å². The summed E-state index contributed by atoms with van der Waals surface area (Å²) in [7, 11) is -3.62. The molecule has 0 aliphatic rings. The fourth-order valence-electron chi connectivity index (χ4n) is 2.42. The molecule has 1 unspecified atom stereocenters. The van der Waals surface area contributed by atoms with E-state index in [-0.39, 0.29) is 18.7 Å². The molecule has 6 nitrogen and oxygen atoms in total. The summed E-state index contributed by atoms with van der Waals surface area (Å²) < 4.78 is 26.5. The molecule has 128 valence electrons. The zero-order valence-corrected chi connectivity index (χ0v) is 14.1. The van der Waals surface area contributed by atoms with Crippen molar-refractivity contribution in [3.8, 4) is 0 Å². The molecule has 0 saturated carbocycles. The molecule has 0 aliphatic carbocycles. The summed E-state index contributed by atoms with van der Waals surface area (Å²) in [5.41, 5.74) is 1.80. The Balaban J connectivity index is 2.26. The monoisotopic (exact) mass is 347 g/mol. The molecule has 0 aliphatic heterocycles. The number of amides is 1. The molecule has 3 N–H and O–H groups in total. The van der Waals surface area contributed by atoms with Crippen LogP contribution in [-0.2, 0) is 21.2 Å². The van der Waals surface area contributed by atoms with Crippen LogP contribution in [0.5, 0.6) is 0 Å². The van der Waals surface area contributed by atoms with Crippen molar-refractivity contribution in [1.82, 2.24) is 15.0 Å². The van der Waals surface area contributed by atoms with Crippen LogP contribution in [0.3, 0.4) is 0 Å². The van der Waals surface area contributed by atoms with Gasteiger partial charge in [-0.05, 0) is 18.1 Å². The average Bonchev–Trinajstić information content (AvgIpc) is 2.95. The lowest BCUT2D eigenvalue weighted by Gasteiger charge is -2.17. The summed E-state index contributed by atoms with van der Waals surface area (Å²) in [5.74, 6) is -0.639. The van der Waals surface area contributed by atoms with Crippen molar-refractivity contribution in [1.29, 1.82) is 0 Å². The van der Waals surface area contributed by atoms with Gasteiger partial charge in [-0.2, -0.15) is 0 Å². The maximum Gasteiger partial charge on any atom is 0.238 e. The number of benzene rings is 1. The van der Waals surface area contributed by atoms with Crippen LogP contribution in [-0.4, -0.2) is 37.6 Å². The van der Waals surface area contributed by atoms with Crippen molar-refractivity contribution in [3.63, 3.8) is 0 Å². The van der Waals surface area contributed by atoms with Crippen molar-refractivity contribution in [3.05, 3.63) is 61.3 Å². The van der Waals surface area contributed by atoms with Gasteiger partial charge in [0.15, 0.2) is 0 Å². The topological polar surface area (TPSA) is 91.1 Å². The Bertz CT molecular complexity index is 840. The van der Waals surface area contributed by atoms with Gasteiger partial charge in [-0.1, -0.05) is 30.4 Å². The Morgan fingerprint density at radius 1 is 1.25 bits per heavy atom. The smallest absolute Gasteiger partial charge is 0.238 e. The zero-order chi connectivity index (χ0) is 17.6. The van der Waals surface area contributed by atoms with Crippen LogP contribution in [0.1, 0.15) is 5.56 Å². The third-order valence-corrected chi connectivity index (χ3v) is 4.81. The van der Waals surface area contributed by atoms with E-state index < -0.39 is 22.0 Å². The van der Waals surface area contributed by atoms with Crippen LogP contribution in [0.2, 0.25) is 0 Å². The second-order valence-electron chi connectivity index (χ2n) is 5.34. The first kappa shape index (κ1) is 18.0. The standard InChI is InChI=1S/C17H21N3O3S/c1-3-9-18-17(21)16(20-24(22,23)10-4-2)11-13-12-19-15-8-6-5-7-14(13)15/h3-8,12,16,19-20H,1-2,9-11H2,(H,18,21). The van der Waals surface area contributed by atoms with Crippen LogP contribution in [0, 0.1) is 0 Å². The lowest BCUT2D eigenvalue weighted by atomic mass is 10.1. The van der Waals surface area contributed by atoms with E-state index in [0.29, 0.717) is 0 Å². The van der Waals surface area contributed by atoms with Crippen LogP contribution < -0.4 is 10.0 Å². The molecule has 0 bridgehead atoms. The Labute approximate surface area is 141 Å². The predicted molar refractivity (Wildman–Crippen MR) is 96.1 cm³/mol. The van der Waals surface area contributed by atoms with Crippen molar-refractivity contribution >= 4 is 26.8 Å². The molecule has 24 heavy (non-hydrogen) atoms. The summed E-state index contributed by atoms with van der Waals surface area (Å²) >= 11 is 0. The van der Waals surface area contributed by atoms with E-state index in [1.807, 2.05) is 24.3 Å². The van der Waals surface area contributed by atoms with E-state index in [9.17, 15) is 13.2 Å². The summed E-state index contributed by atoms with van der Waals surface area (Å²) in [5, 5.41) is 3.60. The highest BCUT2D eigenvalue weighted by Crippen LogP contribution is 2.19. The van der Waals surface area contributed by atoms with E-state index in [1.165, 1.54) is 6.08 Å². The molecule has 1 aromatic carbocycles. The maximum atomic E-state index is 12.3. The Morgan fingerprint density at radius 3 is 2.71 bits per heavy atom. The number of carbonyl (C=O) groups is 1. The maximum absolute atomic E-state index is 12.3. The molecule has 1 aromatic heterocycles. The number of aromatic nitrogens is 1. The quantitative estimate of drug-likeness (QED) is 0.600. The van der Waals surface area contributed by atoms with E-state index in [0.717, 1.165) is 16.5 Å². The number of aromatic amines is 1. The molecule has 1 amide bonds. The van der Waals surface area contributed by atoms with Gasteiger partial charge in [-0.25, -0.2) is 13.1 Å². The molecule has 0 radical (unpaired) electrons. The van der Waals surface area contributed by atoms with E-state index in [2.05, 4.69) is 28.2 Å². The minimum Gasteiger partial charge on any atom is -0.361 e. The number of carbonyl (C=O) groups excluding carboxylic acids is 1. The normalized spacial score (nSPS) is 12.7. The van der Waals surface area contributed by atoms with Crippen molar-refractivity contribution in [2.24, 2.45) is 0 Å². The Morgan fingerprint density at radius 2 is 2.00 bits per heavy atom. The van der Waals surface area contributed by atoms with Crippen molar-refractivity contribution in [2.75, 3.05) is 12.3 Å². The van der Waals surface area contributed by atoms with Gasteiger partial charge in [0.2, 0.25) is 15.9 Å². The Hall–Kier alpha value is -2.38. The third kappa shape index (κ3) is 4.56. The molecule has 2 rings (SSSR count). The highest BCUT2D eigenvalue weighted by Gasteiger charge is 2.24. The van der Waals surface area contributed by atoms with Crippen LogP contribution in [0.4, 0.5) is 0 Å². The van der Waals surface area contributed by atoms with Crippen LogP contribution in [0.15, 0.2) is 55.8 Å². The first-order valence-corrected chi connectivity index (χ1v) is 9.16. The number of nitrogens with one attached hydrogen (secondary N) is 3. The average molecular weight is 347 g/mol. The first-order chi connectivity index (χ1) is 11.5. The molecule has 7 heteroatoms. The number of hydrogen-bond acceptors (Lipinski definition) is 3. The summed E-state index contributed by atoms with van der Waals surface area (Å²) in [4.78, 5) is 15.4. The second kappa shape index (κ2) is 7.94. The van der Waals surface area contributed by atoms with E-state index in [4.69, 9.17) is 0 Å².